The van der Waals surface area contributed by atoms with Gasteiger partial charge >= 0.3 is 5.97 Å². The molecule has 0 saturated heterocycles. The van der Waals surface area contributed by atoms with Crippen LogP contribution in [-0.2, 0) is 4.79 Å². The molecule has 20 heavy (non-hydrogen) atoms. The number of rotatable bonds is 6. The lowest BCUT2D eigenvalue weighted by Crippen LogP contribution is -2.27. The SMILES string of the molecule is CC(CCNC(=O)c1cc([N+](=O)[O-])ccc1I)C(=O)O. The number of non-ortho nitro benzene ring substituents is 1. The molecule has 0 aliphatic heterocycles. The van der Waals surface area contributed by atoms with E-state index in [0.29, 0.717) is 9.99 Å². The first kappa shape index (κ1) is 16.3. The van der Waals surface area contributed by atoms with Crippen LogP contribution >= 0.6 is 22.6 Å². The third-order valence-electron chi connectivity index (χ3n) is 2.69. The van der Waals surface area contributed by atoms with E-state index in [9.17, 15) is 19.7 Å². The monoisotopic (exact) mass is 392 g/mol. The van der Waals surface area contributed by atoms with E-state index in [1.807, 2.05) is 22.6 Å². The quantitative estimate of drug-likeness (QED) is 0.438. The van der Waals surface area contributed by atoms with E-state index < -0.39 is 22.7 Å². The topological polar surface area (TPSA) is 110 Å². The predicted octanol–water partition coefficient (Wildman–Crippen LogP) is 2.04. The molecular weight excluding hydrogens is 379 g/mol. The number of aliphatic carboxylic acids is 1. The lowest BCUT2D eigenvalue weighted by Gasteiger charge is -2.09. The van der Waals surface area contributed by atoms with Gasteiger partial charge < -0.3 is 10.4 Å². The number of carboxylic acids is 1. The van der Waals surface area contributed by atoms with Gasteiger partial charge in [-0.25, -0.2) is 0 Å². The van der Waals surface area contributed by atoms with Crippen LogP contribution in [0.3, 0.4) is 0 Å². The molecule has 0 fully saturated rings. The Hall–Kier alpha value is -1.71. The fourth-order valence-corrected chi connectivity index (χ4v) is 2.00. The summed E-state index contributed by atoms with van der Waals surface area (Å²) in [6, 6.07) is 4.02. The minimum atomic E-state index is -0.927. The second-order valence-electron chi connectivity index (χ2n) is 4.21. The first-order chi connectivity index (χ1) is 9.32. The molecule has 0 aliphatic rings. The van der Waals surface area contributed by atoms with E-state index in [0.717, 1.165) is 0 Å². The maximum Gasteiger partial charge on any atom is 0.306 e. The summed E-state index contributed by atoms with van der Waals surface area (Å²) in [6.45, 7) is 1.75. The molecule has 0 aliphatic carbocycles. The molecule has 1 unspecified atom stereocenters. The van der Waals surface area contributed by atoms with Gasteiger partial charge in [-0.2, -0.15) is 0 Å². The number of nitro benzene ring substituents is 1. The summed E-state index contributed by atoms with van der Waals surface area (Å²) in [6.07, 6.45) is 0.298. The average molecular weight is 392 g/mol. The minimum absolute atomic E-state index is 0.158. The molecule has 2 N–H and O–H groups in total. The summed E-state index contributed by atoms with van der Waals surface area (Å²) < 4.78 is 0.594. The number of amides is 1. The van der Waals surface area contributed by atoms with Crippen molar-refractivity contribution in [3.63, 3.8) is 0 Å². The van der Waals surface area contributed by atoms with Crippen LogP contribution in [0.15, 0.2) is 18.2 Å². The summed E-state index contributed by atoms with van der Waals surface area (Å²) in [5.74, 6) is -1.93. The van der Waals surface area contributed by atoms with E-state index in [4.69, 9.17) is 5.11 Å². The van der Waals surface area contributed by atoms with Crippen molar-refractivity contribution in [1.82, 2.24) is 5.32 Å². The van der Waals surface area contributed by atoms with Crippen LogP contribution in [-0.4, -0.2) is 28.5 Å². The molecule has 0 heterocycles. The van der Waals surface area contributed by atoms with Gasteiger partial charge in [0, 0.05) is 22.2 Å². The van der Waals surface area contributed by atoms with Gasteiger partial charge in [-0.05, 0) is 35.1 Å². The highest BCUT2D eigenvalue weighted by molar-refractivity contribution is 14.1. The van der Waals surface area contributed by atoms with Gasteiger partial charge in [0.2, 0.25) is 0 Å². The molecule has 8 heteroatoms. The van der Waals surface area contributed by atoms with Gasteiger partial charge in [-0.1, -0.05) is 6.92 Å². The number of halogens is 1. The standard InChI is InChI=1S/C12H13IN2O5/c1-7(12(17)18)4-5-14-11(16)9-6-8(15(19)20)2-3-10(9)13/h2-3,6-7H,4-5H2,1H3,(H,14,16)(H,17,18). The highest BCUT2D eigenvalue weighted by Crippen LogP contribution is 2.19. The van der Waals surface area contributed by atoms with Gasteiger partial charge in [0.25, 0.3) is 11.6 Å². The van der Waals surface area contributed by atoms with Crippen molar-refractivity contribution >= 4 is 40.2 Å². The second-order valence-corrected chi connectivity index (χ2v) is 5.37. The molecule has 1 aromatic rings. The van der Waals surface area contributed by atoms with Crippen molar-refractivity contribution in [2.24, 2.45) is 5.92 Å². The third kappa shape index (κ3) is 4.44. The van der Waals surface area contributed by atoms with Crippen LogP contribution in [0, 0.1) is 19.6 Å². The molecule has 0 saturated carbocycles. The number of nitrogens with zero attached hydrogens (tertiary/aromatic N) is 1. The number of nitro groups is 1. The van der Waals surface area contributed by atoms with Crippen molar-refractivity contribution in [2.45, 2.75) is 13.3 Å². The molecular formula is C12H13IN2O5. The summed E-state index contributed by atoms with van der Waals surface area (Å²) in [4.78, 5) is 32.6. The summed E-state index contributed by atoms with van der Waals surface area (Å²) in [5.41, 5.74) is 0.0530. The van der Waals surface area contributed by atoms with E-state index in [2.05, 4.69) is 5.32 Å². The lowest BCUT2D eigenvalue weighted by atomic mass is 10.1. The number of benzene rings is 1. The van der Waals surface area contributed by atoms with Gasteiger partial charge in [-0.15, -0.1) is 0 Å². The van der Waals surface area contributed by atoms with Crippen molar-refractivity contribution < 1.29 is 19.6 Å². The Morgan fingerprint density at radius 1 is 1.50 bits per heavy atom. The molecule has 1 aromatic carbocycles. The van der Waals surface area contributed by atoms with Crippen LogP contribution in [0.5, 0.6) is 0 Å². The van der Waals surface area contributed by atoms with E-state index in [-0.39, 0.29) is 17.8 Å². The zero-order valence-electron chi connectivity index (χ0n) is 10.6. The van der Waals surface area contributed by atoms with Gasteiger partial charge in [0.1, 0.15) is 0 Å². The zero-order valence-corrected chi connectivity index (χ0v) is 12.8. The van der Waals surface area contributed by atoms with Crippen molar-refractivity contribution in [3.05, 3.63) is 37.4 Å². The molecule has 7 nitrogen and oxygen atoms in total. The van der Waals surface area contributed by atoms with Crippen LogP contribution < -0.4 is 5.32 Å². The Kier molecular flexibility index (Phi) is 5.86. The number of nitrogens with one attached hydrogen (secondary N) is 1. The molecule has 1 amide bonds. The summed E-state index contributed by atoms with van der Waals surface area (Å²) in [7, 11) is 0. The highest BCUT2D eigenvalue weighted by Gasteiger charge is 2.16. The van der Waals surface area contributed by atoms with Crippen molar-refractivity contribution in [3.8, 4) is 0 Å². The Balaban J connectivity index is 2.70. The molecule has 0 radical (unpaired) electrons. The number of carbonyl (C=O) groups is 2. The Labute approximate surface area is 128 Å². The lowest BCUT2D eigenvalue weighted by molar-refractivity contribution is -0.384. The van der Waals surface area contributed by atoms with Crippen LogP contribution in [0.2, 0.25) is 0 Å². The van der Waals surface area contributed by atoms with Gasteiger partial charge in [-0.3, -0.25) is 19.7 Å². The minimum Gasteiger partial charge on any atom is -0.481 e. The molecule has 1 atom stereocenters. The number of hydrogen-bond acceptors (Lipinski definition) is 4. The maximum atomic E-state index is 11.9. The first-order valence-electron chi connectivity index (χ1n) is 5.78. The molecule has 0 spiro atoms. The normalized spacial score (nSPS) is 11.7. The molecule has 0 aromatic heterocycles. The Morgan fingerprint density at radius 3 is 2.70 bits per heavy atom. The Bertz CT molecular complexity index is 547. The second kappa shape index (κ2) is 7.17. The molecule has 108 valence electrons. The summed E-state index contributed by atoms with van der Waals surface area (Å²) >= 11 is 1.91. The van der Waals surface area contributed by atoms with Crippen LogP contribution in [0.4, 0.5) is 5.69 Å². The number of hydrogen-bond donors (Lipinski definition) is 2. The first-order valence-corrected chi connectivity index (χ1v) is 6.85. The van der Waals surface area contributed by atoms with E-state index in [1.54, 1.807) is 6.92 Å². The molecule has 1 rings (SSSR count). The van der Waals surface area contributed by atoms with Crippen LogP contribution in [0.1, 0.15) is 23.7 Å². The van der Waals surface area contributed by atoms with E-state index in [1.165, 1.54) is 18.2 Å². The summed E-state index contributed by atoms with van der Waals surface area (Å²) in [5, 5.41) is 22.0. The van der Waals surface area contributed by atoms with Crippen molar-refractivity contribution in [2.75, 3.05) is 6.54 Å². The van der Waals surface area contributed by atoms with Gasteiger partial charge in [0.05, 0.1) is 16.4 Å². The van der Waals surface area contributed by atoms with Crippen LogP contribution in [0.25, 0.3) is 0 Å². The fraction of sp³-hybridized carbons (Fsp3) is 0.333. The maximum absolute atomic E-state index is 11.9. The fourth-order valence-electron chi connectivity index (χ4n) is 1.42. The van der Waals surface area contributed by atoms with Crippen molar-refractivity contribution in [1.29, 1.82) is 0 Å². The predicted molar refractivity (Wildman–Crippen MR) is 79.6 cm³/mol. The largest absolute Gasteiger partial charge is 0.481 e. The average Bonchev–Trinajstić information content (AvgIpc) is 2.38. The number of carboxylic acid groups (broad SMARTS) is 1. The number of carbonyl (C=O) groups excluding carboxylic acids is 1. The van der Waals surface area contributed by atoms with E-state index >= 15 is 0 Å². The highest BCUT2D eigenvalue weighted by atomic mass is 127. The molecule has 0 bridgehead atoms. The smallest absolute Gasteiger partial charge is 0.306 e. The zero-order chi connectivity index (χ0) is 15.3. The van der Waals surface area contributed by atoms with Gasteiger partial charge in [0.15, 0.2) is 0 Å². The Morgan fingerprint density at radius 2 is 2.15 bits per heavy atom. The third-order valence-corrected chi connectivity index (χ3v) is 3.63.